The Morgan fingerprint density at radius 1 is 1.69 bits per heavy atom. The Morgan fingerprint density at radius 3 is 2.88 bits per heavy atom. The van der Waals surface area contributed by atoms with Crippen molar-refractivity contribution in [2.75, 3.05) is 6.54 Å². The summed E-state index contributed by atoms with van der Waals surface area (Å²) in [5, 5.41) is 13.4. The van der Waals surface area contributed by atoms with E-state index in [1.165, 1.54) is 16.7 Å². The van der Waals surface area contributed by atoms with Gasteiger partial charge in [0, 0.05) is 18.3 Å². The first-order valence-corrected chi connectivity index (χ1v) is 5.59. The van der Waals surface area contributed by atoms with E-state index >= 15 is 0 Å². The maximum atomic E-state index is 11.1. The Hall–Kier alpha value is -1.47. The van der Waals surface area contributed by atoms with Crippen molar-refractivity contribution in [2.24, 2.45) is 5.73 Å². The van der Waals surface area contributed by atoms with Crippen molar-refractivity contribution in [3.63, 3.8) is 0 Å². The van der Waals surface area contributed by atoms with Crippen LogP contribution in [0.3, 0.4) is 0 Å². The highest BCUT2D eigenvalue weighted by atomic mass is 32.1. The van der Waals surface area contributed by atoms with E-state index < -0.39 is 12.0 Å². The van der Waals surface area contributed by atoms with Gasteiger partial charge < -0.3 is 16.2 Å². The molecule has 0 spiro atoms. The number of aromatic carboxylic acids is 1. The third kappa shape index (κ3) is 3.59. The minimum atomic E-state index is -1.04. The number of amides is 1. The Labute approximate surface area is 96.5 Å². The largest absolute Gasteiger partial charge is 0.476 e. The zero-order valence-corrected chi connectivity index (χ0v) is 9.58. The molecule has 1 rings (SSSR count). The second-order valence-electron chi connectivity index (χ2n) is 3.26. The molecule has 4 N–H and O–H groups in total. The van der Waals surface area contributed by atoms with Crippen molar-refractivity contribution in [3.8, 4) is 0 Å². The summed E-state index contributed by atoms with van der Waals surface area (Å²) >= 11 is 1.26. The van der Waals surface area contributed by atoms with Gasteiger partial charge in [0.1, 0.15) is 0 Å². The van der Waals surface area contributed by atoms with Crippen molar-refractivity contribution in [1.82, 2.24) is 10.3 Å². The molecule has 1 amide bonds. The number of hydrogen-bond acceptors (Lipinski definition) is 5. The van der Waals surface area contributed by atoms with Crippen molar-refractivity contribution < 1.29 is 14.7 Å². The first kappa shape index (κ1) is 12.6. The van der Waals surface area contributed by atoms with Crippen LogP contribution in [0.2, 0.25) is 0 Å². The lowest BCUT2D eigenvalue weighted by Crippen LogP contribution is -2.39. The van der Waals surface area contributed by atoms with E-state index in [-0.39, 0.29) is 11.6 Å². The smallest absolute Gasteiger partial charge is 0.355 e. The van der Waals surface area contributed by atoms with Gasteiger partial charge in [0.25, 0.3) is 0 Å². The van der Waals surface area contributed by atoms with Gasteiger partial charge in [-0.05, 0) is 6.92 Å². The van der Waals surface area contributed by atoms with E-state index in [9.17, 15) is 9.59 Å². The molecule has 0 saturated carbocycles. The standard InChI is InChI=1S/C9H13N3O3S/c1-5(10)8(13)11-3-2-7-12-6(4-16-7)9(14)15/h4-5H,2-3,10H2,1H3,(H,11,13)(H,14,15)/t5-/m1/s1. The summed E-state index contributed by atoms with van der Waals surface area (Å²) in [5.74, 6) is -1.27. The van der Waals surface area contributed by atoms with Crippen LogP contribution in [0.4, 0.5) is 0 Å². The Morgan fingerprint density at radius 2 is 2.38 bits per heavy atom. The zero-order valence-electron chi connectivity index (χ0n) is 8.77. The van der Waals surface area contributed by atoms with Gasteiger partial charge in [-0.1, -0.05) is 0 Å². The van der Waals surface area contributed by atoms with Crippen LogP contribution in [-0.2, 0) is 11.2 Å². The molecule has 7 heteroatoms. The fourth-order valence-corrected chi connectivity index (χ4v) is 1.75. The molecule has 1 aromatic rings. The molecule has 0 saturated heterocycles. The number of nitrogens with two attached hydrogens (primary N) is 1. The van der Waals surface area contributed by atoms with Gasteiger partial charge in [-0.3, -0.25) is 4.79 Å². The lowest BCUT2D eigenvalue weighted by molar-refractivity contribution is -0.121. The predicted octanol–water partition coefficient (Wildman–Crippen LogP) is -0.153. The third-order valence-corrected chi connectivity index (χ3v) is 2.73. The highest BCUT2D eigenvalue weighted by molar-refractivity contribution is 7.09. The van der Waals surface area contributed by atoms with Crippen LogP contribution in [-0.4, -0.2) is 34.6 Å². The second-order valence-corrected chi connectivity index (χ2v) is 4.20. The number of nitrogens with zero attached hydrogens (tertiary/aromatic N) is 1. The van der Waals surface area contributed by atoms with Crippen LogP contribution in [0.25, 0.3) is 0 Å². The summed E-state index contributed by atoms with van der Waals surface area (Å²) in [6.45, 7) is 2.01. The molecule has 1 atom stereocenters. The number of carbonyl (C=O) groups excluding carboxylic acids is 1. The molecule has 0 fully saturated rings. The Balaban J connectivity index is 2.37. The number of carboxylic acids is 1. The summed E-state index contributed by atoms with van der Waals surface area (Å²) in [4.78, 5) is 25.5. The van der Waals surface area contributed by atoms with Crippen molar-refractivity contribution in [2.45, 2.75) is 19.4 Å². The van der Waals surface area contributed by atoms with Crippen LogP contribution >= 0.6 is 11.3 Å². The Kier molecular flexibility index (Phi) is 4.39. The van der Waals surface area contributed by atoms with E-state index in [0.29, 0.717) is 18.0 Å². The molecule has 1 aromatic heterocycles. The van der Waals surface area contributed by atoms with E-state index in [2.05, 4.69) is 10.3 Å². The third-order valence-electron chi connectivity index (χ3n) is 1.82. The maximum absolute atomic E-state index is 11.1. The minimum absolute atomic E-state index is 0.0403. The number of aromatic nitrogens is 1. The average molecular weight is 243 g/mol. The van der Waals surface area contributed by atoms with Crippen LogP contribution < -0.4 is 11.1 Å². The number of hydrogen-bond donors (Lipinski definition) is 3. The van der Waals surface area contributed by atoms with E-state index in [4.69, 9.17) is 10.8 Å². The SMILES string of the molecule is C[C@@H](N)C(=O)NCCc1nc(C(=O)O)cs1. The number of carboxylic acid groups (broad SMARTS) is 1. The second kappa shape index (κ2) is 5.57. The van der Waals surface area contributed by atoms with E-state index in [0.717, 1.165) is 0 Å². The minimum Gasteiger partial charge on any atom is -0.476 e. The molecular formula is C9H13N3O3S. The highest BCUT2D eigenvalue weighted by Crippen LogP contribution is 2.09. The molecule has 88 valence electrons. The van der Waals surface area contributed by atoms with Crippen LogP contribution in [0.5, 0.6) is 0 Å². The molecule has 0 aromatic carbocycles. The van der Waals surface area contributed by atoms with Crippen molar-refractivity contribution >= 4 is 23.2 Å². The lowest BCUT2D eigenvalue weighted by Gasteiger charge is -2.05. The highest BCUT2D eigenvalue weighted by Gasteiger charge is 2.09. The molecule has 0 aliphatic carbocycles. The maximum Gasteiger partial charge on any atom is 0.355 e. The first-order valence-electron chi connectivity index (χ1n) is 4.71. The van der Waals surface area contributed by atoms with E-state index in [1.54, 1.807) is 6.92 Å². The fourth-order valence-electron chi connectivity index (χ4n) is 0.978. The number of nitrogens with one attached hydrogen (secondary N) is 1. The predicted molar refractivity (Wildman–Crippen MR) is 59.4 cm³/mol. The van der Waals surface area contributed by atoms with Gasteiger partial charge in [-0.2, -0.15) is 0 Å². The average Bonchev–Trinajstić information content (AvgIpc) is 2.66. The van der Waals surface area contributed by atoms with Gasteiger partial charge in [0.05, 0.1) is 11.0 Å². The van der Waals surface area contributed by atoms with E-state index in [1.807, 2.05) is 0 Å². The van der Waals surface area contributed by atoms with Crippen LogP contribution in [0, 0.1) is 0 Å². The molecular weight excluding hydrogens is 230 g/mol. The summed E-state index contributed by atoms with van der Waals surface area (Å²) in [5.41, 5.74) is 5.40. The first-order chi connectivity index (χ1) is 7.50. The molecule has 6 nitrogen and oxygen atoms in total. The summed E-state index contributed by atoms with van der Waals surface area (Å²) < 4.78 is 0. The summed E-state index contributed by atoms with van der Waals surface area (Å²) in [7, 11) is 0. The normalized spacial score (nSPS) is 12.1. The van der Waals surface area contributed by atoms with Crippen molar-refractivity contribution in [1.29, 1.82) is 0 Å². The number of rotatable bonds is 5. The van der Waals surface area contributed by atoms with Crippen LogP contribution in [0.15, 0.2) is 5.38 Å². The molecule has 1 heterocycles. The van der Waals surface area contributed by atoms with Gasteiger partial charge in [-0.15, -0.1) is 11.3 Å². The number of carbonyl (C=O) groups is 2. The summed E-state index contributed by atoms with van der Waals surface area (Å²) in [6.07, 6.45) is 0.510. The van der Waals surface area contributed by atoms with Gasteiger partial charge in [0.15, 0.2) is 5.69 Å². The molecule has 0 radical (unpaired) electrons. The molecule has 16 heavy (non-hydrogen) atoms. The molecule has 0 bridgehead atoms. The lowest BCUT2D eigenvalue weighted by atomic mass is 10.3. The summed E-state index contributed by atoms with van der Waals surface area (Å²) in [6, 6.07) is -0.536. The molecule has 0 aliphatic rings. The molecule has 0 unspecified atom stereocenters. The van der Waals surface area contributed by atoms with Crippen molar-refractivity contribution in [3.05, 3.63) is 16.1 Å². The number of thiazole rings is 1. The quantitative estimate of drug-likeness (QED) is 0.666. The van der Waals surface area contributed by atoms with Gasteiger partial charge in [0.2, 0.25) is 5.91 Å². The molecule has 0 aliphatic heterocycles. The topological polar surface area (TPSA) is 105 Å². The fraction of sp³-hybridized carbons (Fsp3) is 0.444. The Bertz CT molecular complexity index is 389. The monoisotopic (exact) mass is 243 g/mol. The van der Waals surface area contributed by atoms with Crippen LogP contribution in [0.1, 0.15) is 22.4 Å². The van der Waals surface area contributed by atoms with Gasteiger partial charge in [-0.25, -0.2) is 9.78 Å². The van der Waals surface area contributed by atoms with Gasteiger partial charge >= 0.3 is 5.97 Å². The zero-order chi connectivity index (χ0) is 12.1.